The van der Waals surface area contributed by atoms with Crippen LogP contribution in [0, 0.1) is 5.92 Å². The lowest BCUT2D eigenvalue weighted by molar-refractivity contribution is -0.121. The number of carbonyl (C=O) groups is 3. The number of para-hydroxylation sites is 1. The average molecular weight is 481 g/mol. The van der Waals surface area contributed by atoms with E-state index in [-0.39, 0.29) is 31.7 Å². The number of anilines is 2. The molecular formula is C26H32N4O5. The third-order valence-corrected chi connectivity index (χ3v) is 6.40. The number of nitrogens with one attached hydrogen (secondary N) is 2. The minimum Gasteiger partial charge on any atom is -0.454 e. The second-order valence-corrected chi connectivity index (χ2v) is 9.09. The molecule has 0 saturated heterocycles. The smallest absolute Gasteiger partial charge is 0.257 e. The van der Waals surface area contributed by atoms with Gasteiger partial charge in [-0.15, -0.1) is 0 Å². The van der Waals surface area contributed by atoms with Crippen LogP contribution in [0.15, 0.2) is 42.5 Å². The number of hydrogen-bond donors (Lipinski definition) is 3. The lowest BCUT2D eigenvalue weighted by Gasteiger charge is -2.26. The third kappa shape index (κ3) is 6.95. The summed E-state index contributed by atoms with van der Waals surface area (Å²) in [5.74, 6) is 0.670. The molecule has 1 aliphatic heterocycles. The Hall–Kier alpha value is -3.59. The van der Waals surface area contributed by atoms with E-state index in [2.05, 4.69) is 10.6 Å². The van der Waals surface area contributed by atoms with Gasteiger partial charge in [-0.2, -0.15) is 0 Å². The topological polar surface area (TPSA) is 123 Å². The van der Waals surface area contributed by atoms with Crippen molar-refractivity contribution in [3.8, 4) is 11.5 Å². The largest absolute Gasteiger partial charge is 0.454 e. The second kappa shape index (κ2) is 11.7. The Balaban J connectivity index is 1.37. The van der Waals surface area contributed by atoms with Crippen molar-refractivity contribution >= 4 is 29.1 Å². The maximum Gasteiger partial charge on any atom is 0.257 e. The average Bonchev–Trinajstić information content (AvgIpc) is 3.31. The molecule has 1 saturated carbocycles. The van der Waals surface area contributed by atoms with Crippen LogP contribution < -0.4 is 25.8 Å². The molecule has 4 N–H and O–H groups in total. The lowest BCUT2D eigenvalue weighted by atomic mass is 9.87. The van der Waals surface area contributed by atoms with Gasteiger partial charge in [-0.05, 0) is 43.1 Å². The number of carbonyl (C=O) groups excluding carboxylic acids is 3. The van der Waals surface area contributed by atoms with Crippen molar-refractivity contribution in [2.24, 2.45) is 11.7 Å². The van der Waals surface area contributed by atoms with Crippen LogP contribution in [0.3, 0.4) is 0 Å². The van der Waals surface area contributed by atoms with Crippen LogP contribution >= 0.6 is 0 Å². The molecule has 1 heterocycles. The fourth-order valence-electron chi connectivity index (χ4n) is 4.63. The fourth-order valence-corrected chi connectivity index (χ4v) is 4.63. The van der Waals surface area contributed by atoms with Gasteiger partial charge < -0.3 is 25.8 Å². The second-order valence-electron chi connectivity index (χ2n) is 9.09. The lowest BCUT2D eigenvalue weighted by Crippen LogP contribution is -2.40. The molecule has 3 amide bonds. The highest BCUT2D eigenvalue weighted by Gasteiger charge is 2.20. The molecule has 0 aromatic heterocycles. The number of rotatable bonds is 10. The zero-order chi connectivity index (χ0) is 24.6. The van der Waals surface area contributed by atoms with E-state index in [1.54, 1.807) is 47.4 Å². The van der Waals surface area contributed by atoms with Gasteiger partial charge in [0.2, 0.25) is 18.6 Å². The molecule has 1 aliphatic carbocycles. The zero-order valence-corrected chi connectivity index (χ0v) is 19.8. The van der Waals surface area contributed by atoms with Gasteiger partial charge in [0.25, 0.3) is 5.91 Å². The van der Waals surface area contributed by atoms with Crippen molar-refractivity contribution < 1.29 is 23.9 Å². The van der Waals surface area contributed by atoms with Gasteiger partial charge in [-0.1, -0.05) is 44.2 Å². The fraction of sp³-hybridized carbons (Fsp3) is 0.423. The SMILES string of the molecule is NC(=O)CN(CCC1CCCCC1)CC(=O)Nc1ccccc1C(=O)Nc1ccc2c(c1)OCO2. The molecule has 9 heteroatoms. The van der Waals surface area contributed by atoms with E-state index in [1.165, 1.54) is 32.1 Å². The maximum absolute atomic E-state index is 13.0. The van der Waals surface area contributed by atoms with Crippen LogP contribution in [0.2, 0.25) is 0 Å². The standard InChI is InChI=1S/C26H32N4O5/c27-24(31)15-30(13-12-18-6-2-1-3-7-18)16-25(32)29-21-9-5-4-8-20(21)26(33)28-19-10-11-22-23(14-19)35-17-34-22/h4-5,8-11,14,18H,1-3,6-7,12-13,15-17H2,(H2,27,31)(H,28,33)(H,29,32). The molecule has 4 rings (SSSR count). The molecule has 1 fully saturated rings. The number of nitrogens with zero attached hydrogens (tertiary/aromatic N) is 1. The Labute approximate surface area is 204 Å². The van der Waals surface area contributed by atoms with E-state index in [9.17, 15) is 14.4 Å². The van der Waals surface area contributed by atoms with Crippen molar-refractivity contribution in [3.05, 3.63) is 48.0 Å². The van der Waals surface area contributed by atoms with Crippen LogP contribution in [0.1, 0.15) is 48.9 Å². The number of primary amides is 1. The Morgan fingerprint density at radius 2 is 1.71 bits per heavy atom. The predicted octanol–water partition coefficient (Wildman–Crippen LogP) is 3.36. The molecular weight excluding hydrogens is 448 g/mol. The van der Waals surface area contributed by atoms with Gasteiger partial charge in [0.1, 0.15) is 0 Å². The van der Waals surface area contributed by atoms with E-state index in [4.69, 9.17) is 15.2 Å². The predicted molar refractivity (Wildman–Crippen MR) is 132 cm³/mol. The highest BCUT2D eigenvalue weighted by molar-refractivity contribution is 6.10. The Morgan fingerprint density at radius 1 is 0.943 bits per heavy atom. The van der Waals surface area contributed by atoms with E-state index in [0.29, 0.717) is 40.9 Å². The highest BCUT2D eigenvalue weighted by atomic mass is 16.7. The van der Waals surface area contributed by atoms with E-state index >= 15 is 0 Å². The summed E-state index contributed by atoms with van der Waals surface area (Å²) in [5, 5.41) is 5.65. The number of fused-ring (bicyclic) bond motifs is 1. The molecule has 186 valence electrons. The first-order chi connectivity index (χ1) is 17.0. The number of amides is 3. The molecule has 0 bridgehead atoms. The first-order valence-corrected chi connectivity index (χ1v) is 12.1. The number of hydrogen-bond acceptors (Lipinski definition) is 6. The summed E-state index contributed by atoms with van der Waals surface area (Å²) in [6, 6.07) is 11.9. The summed E-state index contributed by atoms with van der Waals surface area (Å²) in [5.41, 5.74) is 6.68. The van der Waals surface area contributed by atoms with Gasteiger partial charge in [0, 0.05) is 11.8 Å². The normalized spacial score (nSPS) is 15.1. The van der Waals surface area contributed by atoms with Crippen LogP contribution in [0.4, 0.5) is 11.4 Å². The van der Waals surface area contributed by atoms with Crippen molar-refractivity contribution in [2.45, 2.75) is 38.5 Å². The molecule has 0 unspecified atom stereocenters. The molecule has 2 aliphatic rings. The molecule has 9 nitrogen and oxygen atoms in total. The summed E-state index contributed by atoms with van der Waals surface area (Å²) in [6.45, 7) is 0.822. The molecule has 0 radical (unpaired) electrons. The van der Waals surface area contributed by atoms with Gasteiger partial charge in [-0.25, -0.2) is 0 Å². The molecule has 2 aromatic rings. The maximum atomic E-state index is 13.0. The summed E-state index contributed by atoms with van der Waals surface area (Å²) >= 11 is 0. The van der Waals surface area contributed by atoms with Gasteiger partial charge in [0.05, 0.1) is 24.3 Å². The molecule has 0 atom stereocenters. The number of ether oxygens (including phenoxy) is 2. The van der Waals surface area contributed by atoms with E-state index in [1.807, 2.05) is 0 Å². The third-order valence-electron chi connectivity index (χ3n) is 6.40. The number of benzene rings is 2. The molecule has 0 spiro atoms. The monoisotopic (exact) mass is 480 g/mol. The molecule has 35 heavy (non-hydrogen) atoms. The van der Waals surface area contributed by atoms with Crippen molar-refractivity contribution in [3.63, 3.8) is 0 Å². The Bertz CT molecular complexity index is 1070. The van der Waals surface area contributed by atoms with Crippen molar-refractivity contribution in [1.29, 1.82) is 0 Å². The van der Waals surface area contributed by atoms with Crippen LogP contribution in [0.25, 0.3) is 0 Å². The number of nitrogens with two attached hydrogens (primary N) is 1. The zero-order valence-electron chi connectivity index (χ0n) is 19.8. The first kappa shape index (κ1) is 24.5. The summed E-state index contributed by atoms with van der Waals surface area (Å²) in [6.07, 6.45) is 7.10. The Morgan fingerprint density at radius 3 is 2.51 bits per heavy atom. The van der Waals surface area contributed by atoms with Gasteiger partial charge >= 0.3 is 0 Å². The summed E-state index contributed by atoms with van der Waals surface area (Å²) in [4.78, 5) is 39.2. The highest BCUT2D eigenvalue weighted by Crippen LogP contribution is 2.34. The van der Waals surface area contributed by atoms with Crippen LogP contribution in [-0.4, -0.2) is 49.0 Å². The Kier molecular flexibility index (Phi) is 8.20. The molecule has 2 aromatic carbocycles. The van der Waals surface area contributed by atoms with Gasteiger partial charge in [0.15, 0.2) is 11.5 Å². The van der Waals surface area contributed by atoms with Crippen molar-refractivity contribution in [1.82, 2.24) is 4.90 Å². The van der Waals surface area contributed by atoms with Crippen molar-refractivity contribution in [2.75, 3.05) is 37.1 Å². The quantitative estimate of drug-likeness (QED) is 0.479. The first-order valence-electron chi connectivity index (χ1n) is 12.1. The van der Waals surface area contributed by atoms with E-state index in [0.717, 1.165) is 6.42 Å². The van der Waals surface area contributed by atoms with E-state index < -0.39 is 5.91 Å². The van der Waals surface area contributed by atoms with Crippen LogP contribution in [0.5, 0.6) is 11.5 Å². The summed E-state index contributed by atoms with van der Waals surface area (Å²) < 4.78 is 10.7. The van der Waals surface area contributed by atoms with Crippen LogP contribution in [-0.2, 0) is 9.59 Å². The minimum atomic E-state index is -0.468. The summed E-state index contributed by atoms with van der Waals surface area (Å²) in [7, 11) is 0. The van der Waals surface area contributed by atoms with Gasteiger partial charge in [-0.3, -0.25) is 19.3 Å². The minimum absolute atomic E-state index is 0.0202.